The second-order valence-corrected chi connectivity index (χ2v) is 1.50. The highest BCUT2D eigenvalue weighted by molar-refractivity contribution is 7.78. The molecule has 0 spiro atoms. The first kappa shape index (κ1) is 3.60. The maximum Gasteiger partial charge on any atom is 0.333 e. The molecular formula is CH2N2O2S. The van der Waals surface area contributed by atoms with Gasteiger partial charge in [-0.15, -0.1) is 5.10 Å². The van der Waals surface area contributed by atoms with Gasteiger partial charge in [-0.05, 0) is 0 Å². The summed E-state index contributed by atoms with van der Waals surface area (Å²) in [4.78, 5) is 2.14. The van der Waals surface area contributed by atoms with Crippen LogP contribution in [0.3, 0.4) is 0 Å². The molecule has 5 heteroatoms. The predicted octanol–water partition coefficient (Wildman–Crippen LogP) is -0.872. The number of rotatable bonds is 0. The van der Waals surface area contributed by atoms with E-state index >= 15 is 0 Å². The Labute approximate surface area is 37.0 Å². The van der Waals surface area contributed by atoms with Crippen molar-refractivity contribution in [2.75, 3.05) is 0 Å². The summed E-state index contributed by atoms with van der Waals surface area (Å²) in [6.07, 6.45) is 1.09. The van der Waals surface area contributed by atoms with Gasteiger partial charge in [0.15, 0.2) is 0 Å². The van der Waals surface area contributed by atoms with Gasteiger partial charge in [-0.3, -0.25) is 0 Å². The summed E-state index contributed by atoms with van der Waals surface area (Å²) in [6.45, 7) is 0. The highest BCUT2D eigenvalue weighted by Gasteiger charge is 1.97. The monoisotopic (exact) mass is 106 g/mol. The van der Waals surface area contributed by atoms with Gasteiger partial charge in [-0.25, -0.2) is 0 Å². The first-order valence-electron chi connectivity index (χ1n) is 1.25. The normalized spacial score (nSPS) is 29.0. The summed E-state index contributed by atoms with van der Waals surface area (Å²) >= 11 is -1.40. The molecule has 1 aliphatic heterocycles. The van der Waals surface area contributed by atoms with Gasteiger partial charge in [0.2, 0.25) is 6.40 Å². The Morgan fingerprint density at radius 2 is 2.83 bits per heavy atom. The molecule has 0 aliphatic carbocycles. The van der Waals surface area contributed by atoms with Gasteiger partial charge >= 0.3 is 11.3 Å². The van der Waals surface area contributed by atoms with Crippen LogP contribution in [0.1, 0.15) is 0 Å². The largest absolute Gasteiger partial charge is 0.370 e. The Morgan fingerprint density at radius 3 is 3.00 bits per heavy atom. The van der Waals surface area contributed by atoms with Crippen molar-refractivity contribution < 1.29 is 8.39 Å². The molecular weight excluding hydrogens is 104 g/mol. The zero-order valence-corrected chi connectivity index (χ0v) is 3.57. The van der Waals surface area contributed by atoms with E-state index in [1.807, 2.05) is 0 Å². The van der Waals surface area contributed by atoms with E-state index in [1.54, 1.807) is 0 Å². The summed E-state index contributed by atoms with van der Waals surface area (Å²) in [5, 5.41) is 3.27. The molecule has 0 amide bonds. The number of hydrogen-bond donors (Lipinski definition) is 1. The van der Waals surface area contributed by atoms with E-state index in [0.717, 1.165) is 6.40 Å². The number of hydrogen-bond acceptors (Lipinski definition) is 3. The molecule has 34 valence electrons. The van der Waals surface area contributed by atoms with Gasteiger partial charge < -0.3 is 4.18 Å². The predicted molar refractivity (Wildman–Crippen MR) is 20.9 cm³/mol. The van der Waals surface area contributed by atoms with Crippen molar-refractivity contribution in [2.45, 2.75) is 0 Å². The van der Waals surface area contributed by atoms with Crippen LogP contribution in [-0.2, 0) is 15.4 Å². The molecule has 0 saturated heterocycles. The van der Waals surface area contributed by atoms with E-state index < -0.39 is 11.3 Å². The fraction of sp³-hybridized carbons (Fsp3) is 0. The lowest BCUT2D eigenvalue weighted by Gasteiger charge is -1.79. The lowest BCUT2D eigenvalue weighted by molar-refractivity contribution is 0.582. The van der Waals surface area contributed by atoms with Crippen LogP contribution in [-0.4, -0.2) is 10.6 Å². The number of hydrazone groups is 1. The van der Waals surface area contributed by atoms with Crippen LogP contribution in [0.2, 0.25) is 0 Å². The van der Waals surface area contributed by atoms with E-state index in [2.05, 4.69) is 14.1 Å². The summed E-state index contributed by atoms with van der Waals surface area (Å²) in [6, 6.07) is 0. The highest BCUT2D eigenvalue weighted by atomic mass is 32.2. The minimum atomic E-state index is -1.40. The van der Waals surface area contributed by atoms with Crippen molar-refractivity contribution in [2.24, 2.45) is 5.10 Å². The fourth-order valence-corrected chi connectivity index (χ4v) is 0.440. The molecule has 0 saturated carbocycles. The van der Waals surface area contributed by atoms with Gasteiger partial charge in [0.05, 0.1) is 0 Å². The van der Waals surface area contributed by atoms with Crippen LogP contribution in [0.5, 0.6) is 0 Å². The quantitative estimate of drug-likeness (QED) is 0.436. The molecule has 6 heavy (non-hydrogen) atoms. The Balaban J connectivity index is 2.52. The Hall–Kier alpha value is -0.580. The van der Waals surface area contributed by atoms with Gasteiger partial charge in [0, 0.05) is 0 Å². The van der Waals surface area contributed by atoms with Crippen LogP contribution in [0.15, 0.2) is 5.10 Å². The van der Waals surface area contributed by atoms with Gasteiger partial charge in [-0.1, -0.05) is 0 Å². The van der Waals surface area contributed by atoms with Crippen LogP contribution >= 0.6 is 0 Å². The Bertz CT molecular complexity index is 89.7. The molecule has 4 nitrogen and oxygen atoms in total. The third-order valence-corrected chi connectivity index (χ3v) is 0.826. The Kier molecular flexibility index (Phi) is 0.754. The zero-order chi connectivity index (χ0) is 4.41. The average molecular weight is 106 g/mol. The summed E-state index contributed by atoms with van der Waals surface area (Å²) in [5.41, 5.74) is 0. The lowest BCUT2D eigenvalue weighted by atomic mass is 11.5. The molecule has 1 N–H and O–H groups in total. The molecule has 1 heterocycles. The maximum atomic E-state index is 9.90. The van der Waals surface area contributed by atoms with Gasteiger partial charge in [0.1, 0.15) is 0 Å². The highest BCUT2D eigenvalue weighted by Crippen LogP contribution is 1.81. The average Bonchev–Trinajstić information content (AvgIpc) is 1.86. The van der Waals surface area contributed by atoms with Crippen molar-refractivity contribution in [1.29, 1.82) is 0 Å². The van der Waals surface area contributed by atoms with Crippen molar-refractivity contribution in [3.8, 4) is 0 Å². The van der Waals surface area contributed by atoms with Gasteiger partial charge in [0.25, 0.3) is 0 Å². The topological polar surface area (TPSA) is 50.7 Å². The summed E-state index contributed by atoms with van der Waals surface area (Å²) in [5.74, 6) is 0. The first-order chi connectivity index (χ1) is 2.89. The lowest BCUT2D eigenvalue weighted by Crippen LogP contribution is -2.01. The van der Waals surface area contributed by atoms with Crippen LogP contribution in [0, 0.1) is 0 Å². The number of nitrogens with one attached hydrogen (secondary N) is 1. The van der Waals surface area contributed by atoms with Crippen LogP contribution in [0.25, 0.3) is 0 Å². The maximum absolute atomic E-state index is 9.90. The first-order valence-corrected chi connectivity index (χ1v) is 2.33. The standard InChI is InChI=1S/CH2N2O2S/c4-6-3-2-1-5-6/h1,3H. The summed E-state index contributed by atoms with van der Waals surface area (Å²) in [7, 11) is 0. The van der Waals surface area contributed by atoms with Crippen LogP contribution < -0.4 is 4.83 Å². The van der Waals surface area contributed by atoms with Crippen LogP contribution in [0.4, 0.5) is 0 Å². The van der Waals surface area contributed by atoms with E-state index in [-0.39, 0.29) is 0 Å². The second-order valence-electron chi connectivity index (χ2n) is 0.657. The molecule has 0 radical (unpaired) electrons. The molecule has 1 aliphatic rings. The second kappa shape index (κ2) is 1.25. The smallest absolute Gasteiger partial charge is 0.333 e. The van der Waals surface area contributed by atoms with E-state index in [4.69, 9.17) is 0 Å². The third-order valence-electron chi connectivity index (χ3n) is 0.310. The number of nitrogens with zero attached hydrogens (tertiary/aromatic N) is 1. The SMILES string of the molecule is O=S1NN=CO1. The third kappa shape index (κ3) is 0.486. The molecule has 1 unspecified atom stereocenters. The molecule has 0 aromatic carbocycles. The molecule has 0 fully saturated rings. The molecule has 0 aromatic rings. The van der Waals surface area contributed by atoms with Crippen molar-refractivity contribution >= 4 is 17.7 Å². The van der Waals surface area contributed by atoms with E-state index in [1.165, 1.54) is 0 Å². The zero-order valence-electron chi connectivity index (χ0n) is 2.75. The molecule has 1 rings (SSSR count). The Morgan fingerprint density at radius 1 is 2.00 bits per heavy atom. The fourth-order valence-electron chi connectivity index (χ4n) is 0.147. The van der Waals surface area contributed by atoms with Crippen molar-refractivity contribution in [3.63, 3.8) is 0 Å². The minimum Gasteiger partial charge on any atom is -0.370 e. The van der Waals surface area contributed by atoms with Crippen molar-refractivity contribution in [1.82, 2.24) is 4.83 Å². The van der Waals surface area contributed by atoms with Gasteiger partial charge in [-0.2, -0.15) is 9.04 Å². The molecule has 1 atom stereocenters. The van der Waals surface area contributed by atoms with E-state index in [0.29, 0.717) is 0 Å². The van der Waals surface area contributed by atoms with Crippen molar-refractivity contribution in [3.05, 3.63) is 0 Å². The van der Waals surface area contributed by atoms with E-state index in [9.17, 15) is 4.21 Å². The summed E-state index contributed by atoms with van der Waals surface area (Å²) < 4.78 is 14.1. The minimum absolute atomic E-state index is 1.09. The molecule has 0 aromatic heterocycles. The molecule has 0 bridgehead atoms.